The lowest BCUT2D eigenvalue weighted by Crippen LogP contribution is -2.25. The molecule has 0 saturated carbocycles. The lowest BCUT2D eigenvalue weighted by molar-refractivity contribution is -0.121. The summed E-state index contributed by atoms with van der Waals surface area (Å²) in [7, 11) is 0. The van der Waals surface area contributed by atoms with Crippen LogP contribution in [-0.4, -0.2) is 22.2 Å². The summed E-state index contributed by atoms with van der Waals surface area (Å²) in [6.45, 7) is 3.52. The van der Waals surface area contributed by atoms with Gasteiger partial charge in [-0.25, -0.2) is 0 Å². The van der Waals surface area contributed by atoms with Gasteiger partial charge >= 0.3 is 0 Å². The van der Waals surface area contributed by atoms with Crippen LogP contribution in [0.25, 0.3) is 10.9 Å². The van der Waals surface area contributed by atoms with E-state index in [0.717, 1.165) is 30.3 Å². The molecule has 1 amide bonds. The van der Waals surface area contributed by atoms with Crippen LogP contribution >= 0.6 is 0 Å². The maximum Gasteiger partial charge on any atom is 0.221 e. The fourth-order valence-corrected chi connectivity index (χ4v) is 1.90. The van der Waals surface area contributed by atoms with Crippen molar-refractivity contribution in [1.82, 2.24) is 15.1 Å². The first-order valence-electron chi connectivity index (χ1n) is 6.48. The van der Waals surface area contributed by atoms with Gasteiger partial charge in [0.25, 0.3) is 0 Å². The molecule has 0 unspecified atom stereocenters. The largest absolute Gasteiger partial charge is 0.356 e. The summed E-state index contributed by atoms with van der Waals surface area (Å²) in [5.74, 6) is 0.100. The van der Waals surface area contributed by atoms with E-state index in [4.69, 9.17) is 0 Å². The molecule has 1 aromatic heterocycles. The number of nitrogens with one attached hydrogen (secondary N) is 1. The van der Waals surface area contributed by atoms with Gasteiger partial charge in [0.2, 0.25) is 5.91 Å². The number of aromatic nitrogens is 2. The summed E-state index contributed by atoms with van der Waals surface area (Å²) >= 11 is 0. The predicted octanol–water partition coefficient (Wildman–Crippen LogP) is 2.34. The predicted molar refractivity (Wildman–Crippen MR) is 72.3 cm³/mol. The number of rotatable bonds is 6. The molecule has 0 radical (unpaired) electrons. The average Bonchev–Trinajstić information content (AvgIpc) is 2.80. The fraction of sp³-hybridized carbons (Fsp3) is 0.429. The van der Waals surface area contributed by atoms with Crippen LogP contribution in [0.1, 0.15) is 26.2 Å². The van der Waals surface area contributed by atoms with Crippen LogP contribution < -0.4 is 5.32 Å². The molecular formula is C14H19N3O. The number of nitrogens with zero attached hydrogens (tertiary/aromatic N) is 2. The third-order valence-electron chi connectivity index (χ3n) is 2.95. The van der Waals surface area contributed by atoms with Gasteiger partial charge in [0.05, 0.1) is 18.3 Å². The van der Waals surface area contributed by atoms with Crippen molar-refractivity contribution in [2.75, 3.05) is 6.54 Å². The van der Waals surface area contributed by atoms with Crippen molar-refractivity contribution in [2.45, 2.75) is 32.7 Å². The van der Waals surface area contributed by atoms with Crippen molar-refractivity contribution in [1.29, 1.82) is 0 Å². The molecule has 0 aliphatic carbocycles. The molecule has 0 bridgehead atoms. The van der Waals surface area contributed by atoms with E-state index in [0.29, 0.717) is 13.0 Å². The highest BCUT2D eigenvalue weighted by Crippen LogP contribution is 2.12. The molecular weight excluding hydrogens is 226 g/mol. The van der Waals surface area contributed by atoms with Crippen molar-refractivity contribution in [3.63, 3.8) is 0 Å². The number of unbranched alkanes of at least 4 members (excludes halogenated alkanes) is 1. The maximum absolute atomic E-state index is 11.6. The third kappa shape index (κ3) is 3.09. The van der Waals surface area contributed by atoms with Crippen LogP contribution in [0.3, 0.4) is 0 Å². The number of benzene rings is 1. The van der Waals surface area contributed by atoms with Crippen LogP contribution in [0, 0.1) is 0 Å². The first-order chi connectivity index (χ1) is 8.81. The smallest absolute Gasteiger partial charge is 0.221 e. The number of hydrogen-bond donors (Lipinski definition) is 1. The topological polar surface area (TPSA) is 46.9 Å². The molecule has 2 rings (SSSR count). The zero-order valence-corrected chi connectivity index (χ0v) is 10.7. The molecule has 1 aromatic carbocycles. The summed E-state index contributed by atoms with van der Waals surface area (Å²) in [5.41, 5.74) is 1.08. The van der Waals surface area contributed by atoms with Crippen molar-refractivity contribution in [2.24, 2.45) is 0 Å². The Hall–Kier alpha value is -1.84. The van der Waals surface area contributed by atoms with Gasteiger partial charge in [-0.15, -0.1) is 0 Å². The highest BCUT2D eigenvalue weighted by molar-refractivity contribution is 5.79. The standard InChI is InChI=1S/C14H19N3O/c1-2-3-9-15-14(18)8-10-17-13-7-5-4-6-12(13)11-16-17/h4-7,11H,2-3,8-10H2,1H3,(H,15,18). The second-order valence-corrected chi connectivity index (χ2v) is 4.38. The third-order valence-corrected chi connectivity index (χ3v) is 2.95. The Morgan fingerprint density at radius 1 is 1.39 bits per heavy atom. The summed E-state index contributed by atoms with van der Waals surface area (Å²) in [6, 6.07) is 8.03. The van der Waals surface area contributed by atoms with Gasteiger partial charge < -0.3 is 5.32 Å². The minimum Gasteiger partial charge on any atom is -0.356 e. The summed E-state index contributed by atoms with van der Waals surface area (Å²) in [5, 5.41) is 8.33. The first kappa shape index (κ1) is 12.6. The Bertz CT molecular complexity index is 518. The van der Waals surface area contributed by atoms with Crippen LogP contribution in [0.4, 0.5) is 0 Å². The van der Waals surface area contributed by atoms with E-state index >= 15 is 0 Å². The minimum absolute atomic E-state index is 0.100. The van der Waals surface area contributed by atoms with Gasteiger partial charge in [-0.2, -0.15) is 5.10 Å². The van der Waals surface area contributed by atoms with Crippen molar-refractivity contribution in [3.05, 3.63) is 30.5 Å². The monoisotopic (exact) mass is 245 g/mol. The van der Waals surface area contributed by atoms with Crippen molar-refractivity contribution < 1.29 is 4.79 Å². The van der Waals surface area contributed by atoms with E-state index in [-0.39, 0.29) is 5.91 Å². The average molecular weight is 245 g/mol. The number of aryl methyl sites for hydroxylation is 1. The highest BCUT2D eigenvalue weighted by Gasteiger charge is 2.04. The van der Waals surface area contributed by atoms with E-state index in [2.05, 4.69) is 17.3 Å². The van der Waals surface area contributed by atoms with Crippen molar-refractivity contribution >= 4 is 16.8 Å². The number of carbonyl (C=O) groups is 1. The number of fused-ring (bicyclic) bond motifs is 1. The highest BCUT2D eigenvalue weighted by atomic mass is 16.1. The van der Waals surface area contributed by atoms with Gasteiger partial charge in [-0.1, -0.05) is 31.5 Å². The maximum atomic E-state index is 11.6. The summed E-state index contributed by atoms with van der Waals surface area (Å²) in [4.78, 5) is 11.6. The van der Waals surface area contributed by atoms with Gasteiger partial charge in [-0.05, 0) is 12.5 Å². The molecule has 96 valence electrons. The lowest BCUT2D eigenvalue weighted by atomic mass is 10.2. The molecule has 4 nitrogen and oxygen atoms in total. The molecule has 1 N–H and O–H groups in total. The van der Waals surface area contributed by atoms with E-state index < -0.39 is 0 Å². The van der Waals surface area contributed by atoms with Gasteiger partial charge in [0.1, 0.15) is 0 Å². The molecule has 18 heavy (non-hydrogen) atoms. The Kier molecular flexibility index (Phi) is 4.34. The van der Waals surface area contributed by atoms with E-state index in [1.54, 1.807) is 0 Å². The number of carbonyl (C=O) groups excluding carboxylic acids is 1. The molecule has 2 aromatic rings. The SMILES string of the molecule is CCCCNC(=O)CCn1ncc2ccccc21. The quantitative estimate of drug-likeness (QED) is 0.794. The fourth-order valence-electron chi connectivity index (χ4n) is 1.90. The van der Waals surface area contributed by atoms with Gasteiger partial charge in [-0.3, -0.25) is 9.48 Å². The normalized spacial score (nSPS) is 10.7. The van der Waals surface area contributed by atoms with Crippen LogP contribution in [0.15, 0.2) is 30.5 Å². The molecule has 0 atom stereocenters. The Morgan fingerprint density at radius 2 is 2.22 bits per heavy atom. The second kappa shape index (κ2) is 6.19. The van der Waals surface area contributed by atoms with Gasteiger partial charge in [0, 0.05) is 18.4 Å². The molecule has 1 heterocycles. The Balaban J connectivity index is 1.88. The van der Waals surface area contributed by atoms with Crippen LogP contribution in [-0.2, 0) is 11.3 Å². The molecule has 0 spiro atoms. The first-order valence-corrected chi connectivity index (χ1v) is 6.48. The van der Waals surface area contributed by atoms with E-state index in [1.807, 2.05) is 35.1 Å². The molecule has 0 fully saturated rings. The Morgan fingerprint density at radius 3 is 3.06 bits per heavy atom. The van der Waals surface area contributed by atoms with E-state index in [9.17, 15) is 4.79 Å². The molecule has 0 aliphatic rings. The second-order valence-electron chi connectivity index (χ2n) is 4.38. The Labute approximate surface area is 107 Å². The number of amides is 1. The van der Waals surface area contributed by atoms with Gasteiger partial charge in [0.15, 0.2) is 0 Å². The molecule has 4 heteroatoms. The van der Waals surface area contributed by atoms with Crippen molar-refractivity contribution in [3.8, 4) is 0 Å². The summed E-state index contributed by atoms with van der Waals surface area (Å²) < 4.78 is 1.88. The van der Waals surface area contributed by atoms with E-state index in [1.165, 1.54) is 0 Å². The lowest BCUT2D eigenvalue weighted by Gasteiger charge is -2.05. The summed E-state index contributed by atoms with van der Waals surface area (Å²) in [6.07, 6.45) is 4.46. The molecule has 0 saturated heterocycles. The van der Waals surface area contributed by atoms with Crippen LogP contribution in [0.2, 0.25) is 0 Å². The minimum atomic E-state index is 0.100. The molecule has 0 aliphatic heterocycles. The number of para-hydroxylation sites is 1. The zero-order valence-electron chi connectivity index (χ0n) is 10.7. The van der Waals surface area contributed by atoms with Crippen LogP contribution in [0.5, 0.6) is 0 Å². The number of hydrogen-bond acceptors (Lipinski definition) is 2. The zero-order chi connectivity index (χ0) is 12.8.